The molecule has 2 aromatic heterocycles. The van der Waals surface area contributed by atoms with E-state index in [1.165, 1.54) is 29.4 Å². The van der Waals surface area contributed by atoms with Crippen LogP contribution < -0.4 is 10.5 Å². The van der Waals surface area contributed by atoms with Crippen molar-refractivity contribution in [3.63, 3.8) is 0 Å². The van der Waals surface area contributed by atoms with E-state index in [0.717, 1.165) is 0 Å². The average molecular weight is 448 g/mol. The van der Waals surface area contributed by atoms with E-state index < -0.39 is 47.2 Å². The van der Waals surface area contributed by atoms with Gasteiger partial charge in [0.1, 0.15) is 17.9 Å². The van der Waals surface area contributed by atoms with Gasteiger partial charge in [-0.15, -0.1) is 0 Å². The van der Waals surface area contributed by atoms with Gasteiger partial charge in [0, 0.05) is 11.5 Å². The van der Waals surface area contributed by atoms with Crippen LogP contribution in [0, 0.1) is 5.92 Å². The fourth-order valence-corrected chi connectivity index (χ4v) is 4.01. The van der Waals surface area contributed by atoms with Crippen molar-refractivity contribution in [3.05, 3.63) is 48.5 Å². The Labute approximate surface area is 177 Å². The molecule has 1 aliphatic rings. The first-order chi connectivity index (χ1) is 14.8. The molecular weight excluding hydrogens is 428 g/mol. The Morgan fingerprint density at radius 3 is 2.77 bits per heavy atom. The van der Waals surface area contributed by atoms with Gasteiger partial charge in [0.2, 0.25) is 0 Å². The summed E-state index contributed by atoms with van der Waals surface area (Å²) in [5, 5.41) is 10.6. The monoisotopic (exact) mass is 448 g/mol. The summed E-state index contributed by atoms with van der Waals surface area (Å²) in [6.45, 7) is 1.28. The van der Waals surface area contributed by atoms with Gasteiger partial charge in [0.05, 0.1) is 19.0 Å². The fraction of sp³-hybridized carbons (Fsp3) is 0.333. The lowest BCUT2D eigenvalue weighted by Gasteiger charge is -2.17. The van der Waals surface area contributed by atoms with Gasteiger partial charge in [0.25, 0.3) is 5.91 Å². The standard InChI is InChI=1S/C18H20N6O6S/c1-10-12(7-29-31(27,28)23-17(26)11-5-3-2-4-6-11)30-18(14(10)25)24-9-22-13-15(19)20-8-21-16(13)24/h2-6,8-10,12,14,18,25H,7H2,1H3,(H,23,26)(H2,19,20,21)/t10-,12-,14-,18-/m1/s1. The molecular formula is C18H20N6O6S. The predicted octanol–water partition coefficient (Wildman–Crippen LogP) is -0.00570. The molecule has 3 aromatic rings. The number of fused-ring (bicyclic) bond motifs is 1. The molecule has 4 N–H and O–H groups in total. The van der Waals surface area contributed by atoms with Crippen molar-refractivity contribution >= 4 is 33.2 Å². The van der Waals surface area contributed by atoms with E-state index in [-0.39, 0.29) is 11.4 Å². The topological polar surface area (TPSA) is 172 Å². The van der Waals surface area contributed by atoms with Crippen LogP contribution in [0.25, 0.3) is 11.2 Å². The SMILES string of the molecule is C[C@H]1[C@@H](O)[C@H](n2cnc3c(N)ncnc32)O[C@@H]1COS(=O)(=O)NC(=O)c1ccccc1. The second-order valence-electron chi connectivity index (χ2n) is 7.03. The molecule has 4 rings (SSSR count). The van der Waals surface area contributed by atoms with Crippen LogP contribution in [0.2, 0.25) is 0 Å². The van der Waals surface area contributed by atoms with Crippen molar-refractivity contribution in [2.45, 2.75) is 25.4 Å². The molecule has 0 spiro atoms. The zero-order valence-corrected chi connectivity index (χ0v) is 17.1. The summed E-state index contributed by atoms with van der Waals surface area (Å²) in [5.41, 5.74) is 6.68. The van der Waals surface area contributed by atoms with Crippen LogP contribution >= 0.6 is 0 Å². The summed E-state index contributed by atoms with van der Waals surface area (Å²) in [5.74, 6) is -1.12. The molecule has 31 heavy (non-hydrogen) atoms. The van der Waals surface area contributed by atoms with Crippen LogP contribution in [0.4, 0.5) is 5.82 Å². The predicted molar refractivity (Wildman–Crippen MR) is 108 cm³/mol. The lowest BCUT2D eigenvalue weighted by Crippen LogP contribution is -2.35. The number of nitrogens with two attached hydrogens (primary N) is 1. The number of nitrogens with zero attached hydrogens (tertiary/aromatic N) is 4. The van der Waals surface area contributed by atoms with Gasteiger partial charge in [-0.05, 0) is 12.1 Å². The molecule has 0 radical (unpaired) electrons. The summed E-state index contributed by atoms with van der Waals surface area (Å²) in [6, 6.07) is 7.86. The Bertz CT molecular complexity index is 1200. The van der Waals surface area contributed by atoms with Gasteiger partial charge < -0.3 is 15.6 Å². The number of aliphatic hydroxyl groups excluding tert-OH is 1. The molecule has 0 saturated carbocycles. The summed E-state index contributed by atoms with van der Waals surface area (Å²) in [7, 11) is -4.39. The van der Waals surface area contributed by atoms with Gasteiger partial charge in [-0.25, -0.2) is 19.7 Å². The van der Waals surface area contributed by atoms with Crippen molar-refractivity contribution in [2.75, 3.05) is 12.3 Å². The fourth-order valence-electron chi connectivity index (χ4n) is 3.29. The largest absolute Gasteiger partial charge is 0.388 e. The third kappa shape index (κ3) is 4.20. The van der Waals surface area contributed by atoms with Crippen molar-refractivity contribution in [2.24, 2.45) is 5.92 Å². The number of rotatable bonds is 6. The third-order valence-corrected chi connectivity index (χ3v) is 5.92. The zero-order chi connectivity index (χ0) is 22.2. The minimum Gasteiger partial charge on any atom is -0.388 e. The molecule has 1 fully saturated rings. The second kappa shape index (κ2) is 8.19. The normalized spacial score (nSPS) is 23.8. The highest BCUT2D eigenvalue weighted by atomic mass is 32.2. The zero-order valence-electron chi connectivity index (χ0n) is 16.3. The average Bonchev–Trinajstić information content (AvgIpc) is 3.29. The smallest absolute Gasteiger partial charge is 0.362 e. The van der Waals surface area contributed by atoms with Crippen molar-refractivity contribution in [1.82, 2.24) is 24.2 Å². The van der Waals surface area contributed by atoms with Gasteiger partial charge in [-0.3, -0.25) is 13.5 Å². The number of imidazole rings is 1. The van der Waals surface area contributed by atoms with Crippen LogP contribution in [0.3, 0.4) is 0 Å². The van der Waals surface area contributed by atoms with E-state index in [1.807, 2.05) is 4.72 Å². The van der Waals surface area contributed by atoms with E-state index in [2.05, 4.69) is 15.0 Å². The lowest BCUT2D eigenvalue weighted by molar-refractivity contribution is -0.0456. The van der Waals surface area contributed by atoms with Crippen molar-refractivity contribution < 1.29 is 27.2 Å². The van der Waals surface area contributed by atoms with E-state index >= 15 is 0 Å². The molecule has 164 valence electrons. The summed E-state index contributed by atoms with van der Waals surface area (Å²) in [4.78, 5) is 24.2. The minimum absolute atomic E-state index is 0.170. The Hall–Kier alpha value is -3.13. The van der Waals surface area contributed by atoms with Crippen LogP contribution in [0.15, 0.2) is 43.0 Å². The first-order valence-electron chi connectivity index (χ1n) is 9.30. The molecule has 1 aliphatic heterocycles. The van der Waals surface area contributed by atoms with Gasteiger partial charge in [0.15, 0.2) is 17.7 Å². The number of nitrogen functional groups attached to an aromatic ring is 1. The van der Waals surface area contributed by atoms with Crippen LogP contribution in [0.1, 0.15) is 23.5 Å². The molecule has 1 aromatic carbocycles. The molecule has 3 heterocycles. The maximum atomic E-state index is 12.2. The Balaban J connectivity index is 1.43. The Kier molecular flexibility index (Phi) is 5.58. The van der Waals surface area contributed by atoms with E-state index in [1.54, 1.807) is 25.1 Å². The molecule has 4 atom stereocenters. The number of carbonyl (C=O) groups is 1. The molecule has 13 heteroatoms. The van der Waals surface area contributed by atoms with Crippen LogP contribution in [-0.2, 0) is 19.2 Å². The maximum absolute atomic E-state index is 12.2. The van der Waals surface area contributed by atoms with Gasteiger partial charge >= 0.3 is 10.3 Å². The number of benzene rings is 1. The van der Waals surface area contributed by atoms with Crippen molar-refractivity contribution in [1.29, 1.82) is 0 Å². The van der Waals surface area contributed by atoms with E-state index in [9.17, 15) is 18.3 Å². The van der Waals surface area contributed by atoms with Crippen LogP contribution in [0.5, 0.6) is 0 Å². The second-order valence-corrected chi connectivity index (χ2v) is 8.38. The number of carbonyl (C=O) groups excluding carboxylic acids is 1. The molecule has 0 bridgehead atoms. The number of aromatic nitrogens is 4. The molecule has 1 amide bonds. The number of aliphatic hydroxyl groups is 1. The van der Waals surface area contributed by atoms with E-state index in [0.29, 0.717) is 11.2 Å². The van der Waals surface area contributed by atoms with Gasteiger partial charge in [-0.2, -0.15) is 8.42 Å². The molecule has 0 aliphatic carbocycles. The minimum atomic E-state index is -4.39. The highest BCUT2D eigenvalue weighted by molar-refractivity contribution is 7.85. The Morgan fingerprint density at radius 1 is 1.29 bits per heavy atom. The number of hydrogen-bond acceptors (Lipinski definition) is 10. The Morgan fingerprint density at radius 2 is 2.03 bits per heavy atom. The number of anilines is 1. The van der Waals surface area contributed by atoms with Crippen LogP contribution in [-0.4, -0.2) is 57.8 Å². The van der Waals surface area contributed by atoms with Crippen molar-refractivity contribution in [3.8, 4) is 0 Å². The first kappa shape index (κ1) is 21.1. The highest BCUT2D eigenvalue weighted by Crippen LogP contribution is 2.35. The molecule has 0 unspecified atom stereocenters. The quantitative estimate of drug-likeness (QED) is 0.466. The highest BCUT2D eigenvalue weighted by Gasteiger charge is 2.43. The third-order valence-electron chi connectivity index (χ3n) is 5.03. The number of ether oxygens (including phenoxy) is 1. The summed E-state index contributed by atoms with van der Waals surface area (Å²) >= 11 is 0. The lowest BCUT2D eigenvalue weighted by atomic mass is 10.0. The molecule has 12 nitrogen and oxygen atoms in total. The first-order valence-corrected chi connectivity index (χ1v) is 10.7. The summed E-state index contributed by atoms with van der Waals surface area (Å²) < 4.78 is 38.4. The number of hydrogen-bond donors (Lipinski definition) is 3. The number of nitrogens with one attached hydrogen (secondary N) is 1. The number of amides is 1. The summed E-state index contributed by atoms with van der Waals surface area (Å²) in [6.07, 6.45) is 0.0212. The molecule has 1 saturated heterocycles. The van der Waals surface area contributed by atoms with E-state index in [4.69, 9.17) is 14.7 Å². The maximum Gasteiger partial charge on any atom is 0.362 e. The van der Waals surface area contributed by atoms with Gasteiger partial charge in [-0.1, -0.05) is 25.1 Å².